The number of methoxy groups -OCH3 is 1. The first-order valence-electron chi connectivity index (χ1n) is 9.58. The highest BCUT2D eigenvalue weighted by molar-refractivity contribution is 6.42. The quantitative estimate of drug-likeness (QED) is 0.331. The molecule has 2 heterocycles. The number of fused-ring (bicyclic) bond motifs is 2. The fraction of sp³-hybridized carbons (Fsp3) is 0.0833. The molecule has 0 radical (unpaired) electrons. The molecular formula is C24H14Cl3NO4. The molecule has 0 N–H and O–H groups in total. The molecule has 0 bridgehead atoms. The Bertz CT molecular complexity index is 1460. The summed E-state index contributed by atoms with van der Waals surface area (Å²) in [5, 5.41) is 1.39. The van der Waals surface area contributed by atoms with Gasteiger partial charge in [-0.2, -0.15) is 0 Å². The van der Waals surface area contributed by atoms with E-state index in [9.17, 15) is 9.59 Å². The first kappa shape index (κ1) is 20.9. The fourth-order valence-electron chi connectivity index (χ4n) is 3.99. The van der Waals surface area contributed by atoms with Crippen LogP contribution in [0.3, 0.4) is 0 Å². The number of carbonyl (C=O) groups is 1. The molecule has 0 fully saturated rings. The van der Waals surface area contributed by atoms with Crippen LogP contribution >= 0.6 is 34.8 Å². The highest BCUT2D eigenvalue weighted by Crippen LogP contribution is 2.43. The number of hydrogen-bond acceptors (Lipinski definition) is 4. The molecule has 8 heteroatoms. The molecule has 1 unspecified atom stereocenters. The number of rotatable bonds is 3. The lowest BCUT2D eigenvalue weighted by atomic mass is 9.98. The van der Waals surface area contributed by atoms with Gasteiger partial charge in [0.2, 0.25) is 5.76 Å². The molecule has 0 aliphatic carbocycles. The van der Waals surface area contributed by atoms with E-state index in [-0.39, 0.29) is 16.8 Å². The molecule has 0 saturated carbocycles. The maximum Gasteiger partial charge on any atom is 0.295 e. The molecule has 4 aromatic rings. The summed E-state index contributed by atoms with van der Waals surface area (Å²) in [7, 11) is 1.50. The van der Waals surface area contributed by atoms with Crippen molar-refractivity contribution in [1.82, 2.24) is 0 Å². The van der Waals surface area contributed by atoms with Crippen molar-refractivity contribution in [2.45, 2.75) is 6.04 Å². The predicted molar refractivity (Wildman–Crippen MR) is 126 cm³/mol. The first-order chi connectivity index (χ1) is 15.4. The number of ether oxygens (including phenoxy) is 1. The van der Waals surface area contributed by atoms with Gasteiger partial charge in [-0.05, 0) is 48.0 Å². The third-order valence-corrected chi connectivity index (χ3v) is 6.48. The van der Waals surface area contributed by atoms with Crippen LogP contribution in [0, 0.1) is 0 Å². The average Bonchev–Trinajstić information content (AvgIpc) is 3.08. The molecule has 0 saturated heterocycles. The van der Waals surface area contributed by atoms with Gasteiger partial charge in [0.05, 0.1) is 39.2 Å². The van der Waals surface area contributed by atoms with Gasteiger partial charge < -0.3 is 9.15 Å². The molecule has 1 amide bonds. The molecule has 32 heavy (non-hydrogen) atoms. The molecule has 1 aromatic heterocycles. The highest BCUT2D eigenvalue weighted by Gasteiger charge is 2.44. The lowest BCUT2D eigenvalue weighted by Gasteiger charge is -2.26. The van der Waals surface area contributed by atoms with Gasteiger partial charge in [-0.1, -0.05) is 53.0 Å². The van der Waals surface area contributed by atoms with Crippen LogP contribution in [0.15, 0.2) is 69.9 Å². The van der Waals surface area contributed by atoms with E-state index in [0.29, 0.717) is 43.0 Å². The van der Waals surface area contributed by atoms with Gasteiger partial charge in [0.25, 0.3) is 5.91 Å². The predicted octanol–water partition coefficient (Wildman–Crippen LogP) is 6.51. The van der Waals surface area contributed by atoms with Crippen molar-refractivity contribution in [2.24, 2.45) is 0 Å². The van der Waals surface area contributed by atoms with E-state index in [1.165, 1.54) is 12.0 Å². The van der Waals surface area contributed by atoms with E-state index in [0.717, 1.165) is 0 Å². The normalized spacial score (nSPS) is 15.3. The molecule has 5 rings (SSSR count). The smallest absolute Gasteiger partial charge is 0.295 e. The SMILES string of the molecule is COc1ccc(N2C(=O)c3oc4ccccc4c(=O)c3C2c2ccc(Cl)c(Cl)c2)cc1Cl. The molecule has 5 nitrogen and oxygen atoms in total. The maximum atomic E-state index is 13.6. The Morgan fingerprint density at radius 1 is 0.906 bits per heavy atom. The summed E-state index contributed by atoms with van der Waals surface area (Å²) in [4.78, 5) is 28.5. The topological polar surface area (TPSA) is 59.8 Å². The van der Waals surface area contributed by atoms with E-state index in [4.69, 9.17) is 44.0 Å². The second-order valence-electron chi connectivity index (χ2n) is 7.24. The standard InChI is InChI=1S/C24H14Cl3NO4/c1-31-19-9-7-13(11-17(19)27)28-21(12-6-8-15(25)16(26)10-12)20-22(29)14-4-2-3-5-18(14)32-23(20)24(28)30/h2-11,21H,1H3. The van der Waals surface area contributed by atoms with Crippen LogP contribution in [0.4, 0.5) is 5.69 Å². The van der Waals surface area contributed by atoms with E-state index in [2.05, 4.69) is 0 Å². The lowest BCUT2D eigenvalue weighted by Crippen LogP contribution is -2.29. The Morgan fingerprint density at radius 3 is 2.41 bits per heavy atom. The molecule has 3 aromatic carbocycles. The van der Waals surface area contributed by atoms with E-state index >= 15 is 0 Å². The largest absolute Gasteiger partial charge is 0.495 e. The summed E-state index contributed by atoms with van der Waals surface area (Å²) in [5.41, 5.74) is 1.38. The van der Waals surface area contributed by atoms with Crippen molar-refractivity contribution in [1.29, 1.82) is 0 Å². The zero-order valence-electron chi connectivity index (χ0n) is 16.6. The molecule has 1 aliphatic heterocycles. The zero-order chi connectivity index (χ0) is 22.6. The minimum absolute atomic E-state index is 0.0169. The summed E-state index contributed by atoms with van der Waals surface area (Å²) < 4.78 is 11.1. The third-order valence-electron chi connectivity index (χ3n) is 5.45. The van der Waals surface area contributed by atoms with Crippen molar-refractivity contribution in [2.75, 3.05) is 12.0 Å². The fourth-order valence-corrected chi connectivity index (χ4v) is 4.55. The second kappa shape index (κ2) is 7.85. The van der Waals surface area contributed by atoms with E-state index in [1.54, 1.807) is 60.7 Å². The van der Waals surface area contributed by atoms with Crippen molar-refractivity contribution in [3.05, 3.63) is 103 Å². The van der Waals surface area contributed by atoms with Gasteiger partial charge in [-0.3, -0.25) is 14.5 Å². The minimum Gasteiger partial charge on any atom is -0.495 e. The number of halogens is 3. The van der Waals surface area contributed by atoms with Crippen LogP contribution in [-0.4, -0.2) is 13.0 Å². The first-order valence-corrected chi connectivity index (χ1v) is 10.7. The van der Waals surface area contributed by atoms with Gasteiger partial charge in [0.1, 0.15) is 11.3 Å². The summed E-state index contributed by atoms with van der Waals surface area (Å²) in [6.07, 6.45) is 0. The summed E-state index contributed by atoms with van der Waals surface area (Å²) in [6.45, 7) is 0. The molecular weight excluding hydrogens is 473 g/mol. The van der Waals surface area contributed by atoms with Crippen LogP contribution in [-0.2, 0) is 0 Å². The van der Waals surface area contributed by atoms with Gasteiger partial charge in [-0.15, -0.1) is 0 Å². The van der Waals surface area contributed by atoms with E-state index < -0.39 is 11.9 Å². The number of carbonyl (C=O) groups excluding carboxylic acids is 1. The number of nitrogens with zero attached hydrogens (tertiary/aromatic N) is 1. The molecule has 0 spiro atoms. The van der Waals surface area contributed by atoms with Crippen molar-refractivity contribution in [3.63, 3.8) is 0 Å². The second-order valence-corrected chi connectivity index (χ2v) is 8.46. The van der Waals surface area contributed by atoms with Gasteiger partial charge in [0, 0.05) is 5.69 Å². The van der Waals surface area contributed by atoms with Crippen LogP contribution in [0.2, 0.25) is 15.1 Å². The monoisotopic (exact) mass is 485 g/mol. The summed E-state index contributed by atoms with van der Waals surface area (Å²) >= 11 is 18.7. The summed E-state index contributed by atoms with van der Waals surface area (Å²) in [6, 6.07) is 16.0. The number of para-hydroxylation sites is 1. The van der Waals surface area contributed by atoms with Crippen LogP contribution in [0.5, 0.6) is 5.75 Å². The molecule has 1 aliphatic rings. The summed E-state index contributed by atoms with van der Waals surface area (Å²) in [5.74, 6) is -0.0116. The number of amides is 1. The highest BCUT2D eigenvalue weighted by atomic mass is 35.5. The van der Waals surface area contributed by atoms with Crippen LogP contribution in [0.1, 0.15) is 27.7 Å². The maximum absolute atomic E-state index is 13.6. The van der Waals surface area contributed by atoms with Crippen LogP contribution < -0.4 is 15.1 Å². The Balaban J connectivity index is 1.80. The lowest BCUT2D eigenvalue weighted by molar-refractivity contribution is 0.0971. The number of benzene rings is 3. The van der Waals surface area contributed by atoms with Crippen LogP contribution in [0.25, 0.3) is 11.0 Å². The molecule has 1 atom stereocenters. The zero-order valence-corrected chi connectivity index (χ0v) is 18.8. The molecule has 160 valence electrons. The Labute approximate surface area is 197 Å². The van der Waals surface area contributed by atoms with Gasteiger partial charge in [-0.25, -0.2) is 0 Å². The van der Waals surface area contributed by atoms with E-state index in [1.807, 2.05) is 0 Å². The third kappa shape index (κ3) is 3.16. The Kier molecular flexibility index (Phi) is 5.13. The number of hydrogen-bond donors (Lipinski definition) is 0. The minimum atomic E-state index is -0.780. The van der Waals surface area contributed by atoms with Crippen molar-refractivity contribution in [3.8, 4) is 5.75 Å². The average molecular weight is 487 g/mol. The van der Waals surface area contributed by atoms with Crippen molar-refractivity contribution >= 4 is 57.4 Å². The van der Waals surface area contributed by atoms with Gasteiger partial charge in [0.15, 0.2) is 5.43 Å². The Morgan fingerprint density at radius 2 is 1.69 bits per heavy atom. The van der Waals surface area contributed by atoms with Gasteiger partial charge >= 0.3 is 0 Å². The number of anilines is 1. The Hall–Kier alpha value is -2.99. The van der Waals surface area contributed by atoms with Crippen molar-refractivity contribution < 1.29 is 13.9 Å².